The van der Waals surface area contributed by atoms with Crippen molar-refractivity contribution < 1.29 is 14.3 Å². The summed E-state index contributed by atoms with van der Waals surface area (Å²) in [6.07, 6.45) is 4.31. The van der Waals surface area contributed by atoms with Gasteiger partial charge < -0.3 is 14.8 Å². The van der Waals surface area contributed by atoms with Crippen LogP contribution in [0, 0.1) is 5.92 Å². The lowest BCUT2D eigenvalue weighted by Gasteiger charge is -2.29. The van der Waals surface area contributed by atoms with Gasteiger partial charge in [0, 0.05) is 0 Å². The van der Waals surface area contributed by atoms with Crippen molar-refractivity contribution in [1.82, 2.24) is 5.32 Å². The lowest BCUT2D eigenvalue weighted by atomic mass is 9.97. The van der Waals surface area contributed by atoms with E-state index < -0.39 is 5.60 Å². The Kier molecular flexibility index (Phi) is 7.70. The van der Waals surface area contributed by atoms with E-state index in [0.717, 1.165) is 50.9 Å². The summed E-state index contributed by atoms with van der Waals surface area (Å²) in [6, 6.07) is 18.8. The highest BCUT2D eigenvalue weighted by Crippen LogP contribution is 2.23. The summed E-state index contributed by atoms with van der Waals surface area (Å²) < 4.78 is 11.7. The smallest absolute Gasteiger partial charge is 0.309 e. The summed E-state index contributed by atoms with van der Waals surface area (Å²) in [5, 5.41) is 3.28. The zero-order valence-corrected chi connectivity index (χ0v) is 17.7. The molecule has 1 heterocycles. The van der Waals surface area contributed by atoms with E-state index in [2.05, 4.69) is 41.7 Å². The summed E-state index contributed by atoms with van der Waals surface area (Å²) in [6.45, 7) is 6.40. The Hall–Kier alpha value is -2.33. The topological polar surface area (TPSA) is 47.6 Å². The number of rotatable bonds is 9. The van der Waals surface area contributed by atoms with Crippen LogP contribution in [0.15, 0.2) is 54.6 Å². The summed E-state index contributed by atoms with van der Waals surface area (Å²) in [5.41, 5.74) is 2.13. The molecule has 4 heteroatoms. The molecule has 0 spiro atoms. The number of carbonyl (C=O) groups is 1. The Balaban J connectivity index is 1.37. The van der Waals surface area contributed by atoms with Gasteiger partial charge in [0.25, 0.3) is 0 Å². The molecule has 156 valence electrons. The summed E-state index contributed by atoms with van der Waals surface area (Å²) in [7, 11) is 0. The van der Waals surface area contributed by atoms with Crippen molar-refractivity contribution in [2.75, 3.05) is 19.7 Å². The van der Waals surface area contributed by atoms with Gasteiger partial charge in [-0.15, -0.1) is 0 Å². The minimum Gasteiger partial charge on any atom is -0.494 e. The number of esters is 1. The van der Waals surface area contributed by atoms with E-state index in [9.17, 15) is 4.79 Å². The van der Waals surface area contributed by atoms with Gasteiger partial charge in [0.15, 0.2) is 0 Å². The Morgan fingerprint density at radius 2 is 1.66 bits per heavy atom. The Morgan fingerprint density at radius 3 is 2.34 bits per heavy atom. The lowest BCUT2D eigenvalue weighted by molar-refractivity contribution is -0.163. The van der Waals surface area contributed by atoms with Gasteiger partial charge in [-0.3, -0.25) is 4.79 Å². The van der Waals surface area contributed by atoms with E-state index in [0.29, 0.717) is 6.61 Å². The average molecular weight is 396 g/mol. The lowest BCUT2D eigenvalue weighted by Crippen LogP contribution is -2.37. The van der Waals surface area contributed by atoms with Crippen LogP contribution in [0.4, 0.5) is 0 Å². The normalized spacial score (nSPS) is 15.1. The first-order valence-electron chi connectivity index (χ1n) is 10.7. The van der Waals surface area contributed by atoms with Crippen LogP contribution in [-0.2, 0) is 16.0 Å². The minimum atomic E-state index is -0.454. The van der Waals surface area contributed by atoms with Crippen LogP contribution in [0.5, 0.6) is 5.75 Å². The summed E-state index contributed by atoms with van der Waals surface area (Å²) in [5.74, 6) is 0.874. The van der Waals surface area contributed by atoms with Gasteiger partial charge >= 0.3 is 5.97 Å². The van der Waals surface area contributed by atoms with Gasteiger partial charge in [0.2, 0.25) is 0 Å². The SMILES string of the molecule is CC(C)(CCCOc1ccc(Cc2ccccc2)cc1)OC(=O)C1CCNCC1. The van der Waals surface area contributed by atoms with E-state index in [-0.39, 0.29) is 11.9 Å². The van der Waals surface area contributed by atoms with Crippen LogP contribution < -0.4 is 10.1 Å². The van der Waals surface area contributed by atoms with Crippen molar-refractivity contribution in [2.24, 2.45) is 5.92 Å². The monoisotopic (exact) mass is 395 g/mol. The molecule has 0 aromatic heterocycles. The van der Waals surface area contributed by atoms with Crippen LogP contribution in [-0.4, -0.2) is 31.3 Å². The molecular weight excluding hydrogens is 362 g/mol. The first-order chi connectivity index (χ1) is 14.0. The molecule has 1 fully saturated rings. The fraction of sp³-hybridized carbons (Fsp3) is 0.480. The molecule has 1 N–H and O–H groups in total. The highest BCUT2D eigenvalue weighted by Gasteiger charge is 2.28. The maximum atomic E-state index is 12.3. The molecule has 2 aromatic rings. The van der Waals surface area contributed by atoms with E-state index in [1.807, 2.05) is 32.0 Å². The number of carbonyl (C=O) groups excluding carboxylic acids is 1. The molecule has 0 atom stereocenters. The number of ether oxygens (including phenoxy) is 2. The van der Waals surface area contributed by atoms with Crippen LogP contribution in [0.3, 0.4) is 0 Å². The quantitative estimate of drug-likeness (QED) is 0.491. The summed E-state index contributed by atoms with van der Waals surface area (Å²) >= 11 is 0. The van der Waals surface area contributed by atoms with Crippen molar-refractivity contribution in [1.29, 1.82) is 0 Å². The maximum Gasteiger partial charge on any atom is 0.309 e. The van der Waals surface area contributed by atoms with E-state index in [1.54, 1.807) is 0 Å². The van der Waals surface area contributed by atoms with Crippen molar-refractivity contribution in [2.45, 2.75) is 51.6 Å². The Bertz CT molecular complexity index is 749. The average Bonchev–Trinajstić information content (AvgIpc) is 2.73. The van der Waals surface area contributed by atoms with E-state index in [1.165, 1.54) is 11.1 Å². The van der Waals surface area contributed by atoms with Crippen molar-refractivity contribution in [3.63, 3.8) is 0 Å². The molecule has 1 aliphatic heterocycles. The third kappa shape index (κ3) is 7.21. The molecule has 3 rings (SSSR count). The largest absolute Gasteiger partial charge is 0.494 e. The molecule has 0 aliphatic carbocycles. The second-order valence-corrected chi connectivity index (χ2v) is 8.46. The molecule has 0 saturated carbocycles. The summed E-state index contributed by atoms with van der Waals surface area (Å²) in [4.78, 5) is 12.3. The number of piperidine rings is 1. The molecule has 4 nitrogen and oxygen atoms in total. The van der Waals surface area contributed by atoms with Crippen molar-refractivity contribution in [3.8, 4) is 5.75 Å². The van der Waals surface area contributed by atoms with Crippen LogP contribution in [0.1, 0.15) is 50.7 Å². The predicted molar refractivity (Wildman–Crippen MR) is 116 cm³/mol. The van der Waals surface area contributed by atoms with Gasteiger partial charge in [-0.25, -0.2) is 0 Å². The zero-order chi connectivity index (χ0) is 20.5. The second-order valence-electron chi connectivity index (χ2n) is 8.46. The van der Waals surface area contributed by atoms with Gasteiger partial charge in [-0.05, 0) is 82.3 Å². The molecule has 1 saturated heterocycles. The Labute approximate surface area is 174 Å². The van der Waals surface area contributed by atoms with Crippen LogP contribution in [0.2, 0.25) is 0 Å². The van der Waals surface area contributed by atoms with E-state index >= 15 is 0 Å². The number of nitrogens with one attached hydrogen (secondary N) is 1. The number of hydrogen-bond donors (Lipinski definition) is 1. The van der Waals surface area contributed by atoms with Crippen LogP contribution in [0.25, 0.3) is 0 Å². The Morgan fingerprint density at radius 1 is 1.00 bits per heavy atom. The van der Waals surface area contributed by atoms with Gasteiger partial charge in [-0.1, -0.05) is 42.5 Å². The molecule has 0 radical (unpaired) electrons. The first-order valence-corrected chi connectivity index (χ1v) is 10.7. The zero-order valence-electron chi connectivity index (χ0n) is 17.7. The molecule has 0 unspecified atom stereocenters. The van der Waals surface area contributed by atoms with Crippen molar-refractivity contribution in [3.05, 3.63) is 65.7 Å². The molecule has 2 aromatic carbocycles. The van der Waals surface area contributed by atoms with Gasteiger partial charge in [0.05, 0.1) is 12.5 Å². The third-order valence-corrected chi connectivity index (χ3v) is 5.42. The van der Waals surface area contributed by atoms with Crippen LogP contribution >= 0.6 is 0 Å². The highest BCUT2D eigenvalue weighted by molar-refractivity contribution is 5.73. The molecule has 0 bridgehead atoms. The fourth-order valence-corrected chi connectivity index (χ4v) is 3.69. The first kappa shape index (κ1) is 21.4. The standard InChI is InChI=1S/C25H33NO3/c1-25(2,29-24(27)22-13-16-26-17-14-22)15-6-18-28-23-11-9-21(10-12-23)19-20-7-4-3-5-8-20/h3-5,7-12,22,26H,6,13-19H2,1-2H3. The predicted octanol–water partition coefficient (Wildman–Crippen LogP) is 4.76. The number of hydrogen-bond acceptors (Lipinski definition) is 4. The fourth-order valence-electron chi connectivity index (χ4n) is 3.69. The minimum absolute atomic E-state index is 0.0428. The number of benzene rings is 2. The molecule has 29 heavy (non-hydrogen) atoms. The highest BCUT2D eigenvalue weighted by atomic mass is 16.6. The molecule has 1 aliphatic rings. The maximum absolute atomic E-state index is 12.3. The third-order valence-electron chi connectivity index (χ3n) is 5.42. The molecule has 0 amide bonds. The van der Waals surface area contributed by atoms with E-state index in [4.69, 9.17) is 9.47 Å². The van der Waals surface area contributed by atoms with Gasteiger partial charge in [-0.2, -0.15) is 0 Å². The van der Waals surface area contributed by atoms with Gasteiger partial charge in [0.1, 0.15) is 11.4 Å². The van der Waals surface area contributed by atoms with Crippen molar-refractivity contribution >= 4 is 5.97 Å². The molecular formula is C25H33NO3. The second kappa shape index (κ2) is 10.4.